The number of fused-ring (bicyclic) bond motifs is 1. The van der Waals surface area contributed by atoms with E-state index in [1.165, 1.54) is 0 Å². The zero-order valence-corrected chi connectivity index (χ0v) is 17.2. The van der Waals surface area contributed by atoms with E-state index in [1.807, 2.05) is 25.3 Å². The van der Waals surface area contributed by atoms with Crippen LogP contribution in [0.5, 0.6) is 0 Å². The van der Waals surface area contributed by atoms with Crippen LogP contribution in [-0.2, 0) is 10.0 Å². The fourth-order valence-electron chi connectivity index (χ4n) is 3.53. The van der Waals surface area contributed by atoms with Gasteiger partial charge in [0.25, 0.3) is 5.91 Å². The van der Waals surface area contributed by atoms with Crippen LogP contribution in [-0.4, -0.2) is 41.1 Å². The highest BCUT2D eigenvalue weighted by Crippen LogP contribution is 2.22. The number of imidazole rings is 1. The maximum Gasteiger partial charge on any atom is 0.275 e. The van der Waals surface area contributed by atoms with E-state index >= 15 is 0 Å². The molecule has 4 rings (SSSR count). The van der Waals surface area contributed by atoms with Gasteiger partial charge in [-0.05, 0) is 61.7 Å². The molecular weight excluding hydrogens is 388 g/mol. The molecule has 0 bridgehead atoms. The third-order valence-electron chi connectivity index (χ3n) is 5.16. The lowest BCUT2D eigenvalue weighted by Crippen LogP contribution is -2.31. The summed E-state index contributed by atoms with van der Waals surface area (Å²) < 4.78 is 29.0. The van der Waals surface area contributed by atoms with E-state index in [-0.39, 0.29) is 10.8 Å². The number of carbonyl (C=O) groups is 1. The average molecular weight is 413 g/mol. The molecule has 3 heterocycles. The maximum atomic E-state index is 12.8. The van der Waals surface area contributed by atoms with E-state index in [9.17, 15) is 13.2 Å². The molecule has 1 fully saturated rings. The van der Waals surface area contributed by atoms with Crippen LogP contribution in [0.15, 0.2) is 53.7 Å². The zero-order valence-electron chi connectivity index (χ0n) is 16.3. The van der Waals surface area contributed by atoms with Crippen LogP contribution in [0, 0.1) is 6.92 Å². The first-order valence-electron chi connectivity index (χ1n) is 9.80. The molecule has 7 nitrogen and oxygen atoms in total. The van der Waals surface area contributed by atoms with E-state index < -0.39 is 10.0 Å². The Kier molecular flexibility index (Phi) is 5.38. The number of pyridine rings is 1. The van der Waals surface area contributed by atoms with Crippen LogP contribution in [0.1, 0.15) is 41.7 Å². The van der Waals surface area contributed by atoms with Gasteiger partial charge in [-0.25, -0.2) is 13.4 Å². The standard InChI is InChI=1S/C21H24N4O3S/c1-16-10-13-24-15-19(23-20(24)14-16)21(26)22-17-6-8-18(9-7-17)29(27,28)25-11-4-2-3-5-12-25/h6-10,13-15H,2-5,11-12H2,1H3,(H,22,26). The van der Waals surface area contributed by atoms with Gasteiger partial charge in [0.05, 0.1) is 4.90 Å². The second-order valence-corrected chi connectivity index (χ2v) is 9.33. The number of rotatable bonds is 4. The lowest BCUT2D eigenvalue weighted by atomic mass is 10.2. The van der Waals surface area contributed by atoms with E-state index in [0.717, 1.165) is 31.2 Å². The molecule has 0 atom stereocenters. The zero-order chi connectivity index (χ0) is 20.4. The maximum absolute atomic E-state index is 12.8. The highest BCUT2D eigenvalue weighted by atomic mass is 32.2. The van der Waals surface area contributed by atoms with Gasteiger partial charge in [-0.15, -0.1) is 0 Å². The summed E-state index contributed by atoms with van der Waals surface area (Å²) in [4.78, 5) is 17.1. The first-order valence-corrected chi connectivity index (χ1v) is 11.2. The molecule has 0 unspecified atom stereocenters. The van der Waals surface area contributed by atoms with Gasteiger partial charge in [0.2, 0.25) is 10.0 Å². The Morgan fingerprint density at radius 3 is 2.41 bits per heavy atom. The summed E-state index contributed by atoms with van der Waals surface area (Å²) in [5.41, 5.74) is 2.60. The number of nitrogens with one attached hydrogen (secondary N) is 1. The third kappa shape index (κ3) is 4.18. The molecule has 1 amide bonds. The van der Waals surface area contributed by atoms with Crippen LogP contribution in [0.3, 0.4) is 0 Å². The molecule has 3 aromatic rings. The number of nitrogens with zero attached hydrogens (tertiary/aromatic N) is 3. The highest BCUT2D eigenvalue weighted by Gasteiger charge is 2.25. The summed E-state index contributed by atoms with van der Waals surface area (Å²) in [6.07, 6.45) is 7.45. The Morgan fingerprint density at radius 2 is 1.72 bits per heavy atom. The number of hydrogen-bond acceptors (Lipinski definition) is 4. The van der Waals surface area contributed by atoms with Gasteiger partial charge in [0, 0.05) is 31.2 Å². The second kappa shape index (κ2) is 7.96. The number of aryl methyl sites for hydroxylation is 1. The number of carbonyl (C=O) groups excluding carboxylic acids is 1. The molecular formula is C21H24N4O3S. The first kappa shape index (κ1) is 19.6. The van der Waals surface area contributed by atoms with E-state index in [0.29, 0.717) is 30.1 Å². The summed E-state index contributed by atoms with van der Waals surface area (Å²) in [5, 5.41) is 2.78. The van der Waals surface area contributed by atoms with Crippen LogP contribution < -0.4 is 5.32 Å². The smallest absolute Gasteiger partial charge is 0.275 e. The molecule has 1 aliphatic heterocycles. The summed E-state index contributed by atoms with van der Waals surface area (Å²) in [7, 11) is -3.50. The Morgan fingerprint density at radius 1 is 1.03 bits per heavy atom. The molecule has 0 saturated carbocycles. The minimum atomic E-state index is -3.50. The number of hydrogen-bond donors (Lipinski definition) is 1. The van der Waals surface area contributed by atoms with Crippen LogP contribution in [0.4, 0.5) is 5.69 Å². The molecule has 1 aliphatic rings. The monoisotopic (exact) mass is 412 g/mol. The lowest BCUT2D eigenvalue weighted by molar-refractivity contribution is 0.102. The topological polar surface area (TPSA) is 83.8 Å². The Hall–Kier alpha value is -2.71. The number of aromatic nitrogens is 2. The Balaban J connectivity index is 1.49. The molecule has 1 saturated heterocycles. The summed E-state index contributed by atoms with van der Waals surface area (Å²) >= 11 is 0. The predicted molar refractivity (Wildman–Crippen MR) is 112 cm³/mol. The summed E-state index contributed by atoms with van der Waals surface area (Å²) in [6.45, 7) is 3.10. The number of benzene rings is 1. The molecule has 152 valence electrons. The van der Waals surface area contributed by atoms with Gasteiger partial charge in [-0.3, -0.25) is 4.79 Å². The molecule has 29 heavy (non-hydrogen) atoms. The van der Waals surface area contributed by atoms with Crippen molar-refractivity contribution in [2.24, 2.45) is 0 Å². The highest BCUT2D eigenvalue weighted by molar-refractivity contribution is 7.89. The summed E-state index contributed by atoms with van der Waals surface area (Å²) in [6, 6.07) is 10.2. The lowest BCUT2D eigenvalue weighted by Gasteiger charge is -2.20. The van der Waals surface area contributed by atoms with Crippen LogP contribution in [0.25, 0.3) is 5.65 Å². The SMILES string of the molecule is Cc1ccn2cc(C(=O)Nc3ccc(S(=O)(=O)N4CCCCCC4)cc3)nc2c1. The Labute approximate surface area is 170 Å². The summed E-state index contributed by atoms with van der Waals surface area (Å²) in [5.74, 6) is -0.338. The van der Waals surface area contributed by atoms with E-state index in [4.69, 9.17) is 0 Å². The van der Waals surface area contributed by atoms with Crippen molar-refractivity contribution in [3.05, 3.63) is 60.0 Å². The minimum absolute atomic E-state index is 0.251. The van der Waals surface area contributed by atoms with Crippen molar-refractivity contribution in [3.8, 4) is 0 Å². The third-order valence-corrected chi connectivity index (χ3v) is 7.08. The quantitative estimate of drug-likeness (QED) is 0.711. The largest absolute Gasteiger partial charge is 0.321 e. The van der Waals surface area contributed by atoms with Crippen molar-refractivity contribution in [2.45, 2.75) is 37.5 Å². The Bertz CT molecular complexity index is 1130. The van der Waals surface area contributed by atoms with Crippen LogP contribution in [0.2, 0.25) is 0 Å². The van der Waals surface area contributed by atoms with Gasteiger partial charge in [0.1, 0.15) is 11.3 Å². The van der Waals surface area contributed by atoms with Crippen molar-refractivity contribution in [1.82, 2.24) is 13.7 Å². The molecule has 0 radical (unpaired) electrons. The van der Waals surface area contributed by atoms with E-state index in [1.54, 1.807) is 39.2 Å². The first-order chi connectivity index (χ1) is 13.9. The van der Waals surface area contributed by atoms with Gasteiger partial charge in [-0.2, -0.15) is 4.31 Å². The number of sulfonamides is 1. The van der Waals surface area contributed by atoms with E-state index in [2.05, 4.69) is 10.3 Å². The van der Waals surface area contributed by atoms with Gasteiger partial charge < -0.3 is 9.72 Å². The fraction of sp³-hybridized carbons (Fsp3) is 0.333. The molecule has 8 heteroatoms. The molecule has 0 spiro atoms. The van der Waals surface area contributed by atoms with Crippen molar-refractivity contribution in [1.29, 1.82) is 0 Å². The van der Waals surface area contributed by atoms with Crippen molar-refractivity contribution >= 4 is 27.3 Å². The van der Waals surface area contributed by atoms with Gasteiger partial charge >= 0.3 is 0 Å². The molecule has 1 aromatic carbocycles. The molecule has 2 aromatic heterocycles. The number of anilines is 1. The van der Waals surface area contributed by atoms with Gasteiger partial charge in [-0.1, -0.05) is 12.8 Å². The minimum Gasteiger partial charge on any atom is -0.321 e. The van der Waals surface area contributed by atoms with Crippen molar-refractivity contribution in [3.63, 3.8) is 0 Å². The molecule has 0 aliphatic carbocycles. The van der Waals surface area contributed by atoms with Crippen molar-refractivity contribution < 1.29 is 13.2 Å². The average Bonchev–Trinajstić information content (AvgIpc) is 2.93. The molecule has 1 N–H and O–H groups in total. The predicted octanol–water partition coefficient (Wildman–Crippen LogP) is 3.46. The normalized spacial score (nSPS) is 15.9. The number of amides is 1. The fourth-order valence-corrected chi connectivity index (χ4v) is 5.05. The van der Waals surface area contributed by atoms with Crippen molar-refractivity contribution in [2.75, 3.05) is 18.4 Å². The van der Waals surface area contributed by atoms with Gasteiger partial charge in [0.15, 0.2) is 0 Å². The van der Waals surface area contributed by atoms with Crippen LogP contribution >= 0.6 is 0 Å². The second-order valence-electron chi connectivity index (χ2n) is 7.39.